The zero-order chi connectivity index (χ0) is 14.0. The first kappa shape index (κ1) is 14.1. The zero-order valence-corrected chi connectivity index (χ0v) is 11.1. The third kappa shape index (κ3) is 3.00. The summed E-state index contributed by atoms with van der Waals surface area (Å²) in [6.07, 6.45) is 1.11. The molecule has 5 nitrogen and oxygen atoms in total. The van der Waals surface area contributed by atoms with E-state index in [1.54, 1.807) is 0 Å². The lowest BCUT2D eigenvalue weighted by atomic mass is 9.93. The van der Waals surface area contributed by atoms with Gasteiger partial charge < -0.3 is 20.2 Å². The molecule has 1 fully saturated rings. The normalized spacial score (nSPS) is 23.4. The van der Waals surface area contributed by atoms with Crippen molar-refractivity contribution in [2.45, 2.75) is 18.4 Å². The van der Waals surface area contributed by atoms with E-state index in [-0.39, 0.29) is 29.8 Å². The number of aliphatic hydroxyl groups is 2. The second-order valence-corrected chi connectivity index (χ2v) is 5.29. The number of carbonyl (C=O) groups is 1. The van der Waals surface area contributed by atoms with Gasteiger partial charge in [-0.25, -0.2) is 0 Å². The van der Waals surface area contributed by atoms with Crippen LogP contribution in [0.5, 0.6) is 5.75 Å². The predicted molar refractivity (Wildman–Crippen MR) is 70.3 cm³/mol. The molecule has 1 aromatic rings. The van der Waals surface area contributed by atoms with Gasteiger partial charge in [-0.05, 0) is 31.0 Å². The molecule has 104 valence electrons. The molecule has 0 radical (unpaired) electrons. The second kappa shape index (κ2) is 5.36. The van der Waals surface area contributed by atoms with Gasteiger partial charge in [-0.2, -0.15) is 0 Å². The fourth-order valence-electron chi connectivity index (χ4n) is 2.24. The van der Waals surface area contributed by atoms with E-state index < -0.39 is 5.60 Å². The third-order valence-corrected chi connectivity index (χ3v) is 3.63. The maximum Gasteiger partial charge on any atom is 0.254 e. The zero-order valence-electron chi connectivity index (χ0n) is 10.3. The summed E-state index contributed by atoms with van der Waals surface area (Å²) in [5.41, 5.74) is -0.876. The predicted octanol–water partition coefficient (Wildman–Crippen LogP) is 1.00. The second-order valence-electron chi connectivity index (χ2n) is 4.88. The van der Waals surface area contributed by atoms with E-state index in [1.807, 2.05) is 0 Å². The van der Waals surface area contributed by atoms with Crippen LogP contribution in [0, 0.1) is 0 Å². The maximum atomic E-state index is 12.3. The monoisotopic (exact) mass is 285 g/mol. The summed E-state index contributed by atoms with van der Waals surface area (Å²) in [7, 11) is 0. The van der Waals surface area contributed by atoms with Crippen molar-refractivity contribution < 1.29 is 20.1 Å². The summed E-state index contributed by atoms with van der Waals surface area (Å²) in [5.74, 6) is -0.350. The highest BCUT2D eigenvalue weighted by Crippen LogP contribution is 2.26. The van der Waals surface area contributed by atoms with Crippen LogP contribution in [-0.4, -0.2) is 51.4 Å². The first-order chi connectivity index (χ1) is 8.95. The maximum absolute atomic E-state index is 12.3. The standard InChI is InChI=1S/C13H16ClNO4/c14-10-6-9(2-3-11(10)17)12(18)15-5-1-4-13(19,7-15)8-16/h2-3,6,16-17,19H,1,4-5,7-8H2/t13-/m0/s1. The minimum atomic E-state index is -1.23. The van der Waals surface area contributed by atoms with Crippen LogP contribution >= 0.6 is 11.6 Å². The number of β-amino-alcohol motifs (C(OH)–C–C–N with tert-alkyl or cyclic N) is 1. The number of benzene rings is 1. The molecule has 0 aliphatic carbocycles. The summed E-state index contributed by atoms with van der Waals surface area (Å²) in [4.78, 5) is 13.7. The minimum absolute atomic E-state index is 0.0799. The quantitative estimate of drug-likeness (QED) is 0.757. The van der Waals surface area contributed by atoms with Gasteiger partial charge in [-0.3, -0.25) is 4.79 Å². The van der Waals surface area contributed by atoms with Crippen molar-refractivity contribution >= 4 is 17.5 Å². The van der Waals surface area contributed by atoms with Gasteiger partial charge in [0.05, 0.1) is 18.2 Å². The number of halogens is 1. The molecule has 1 aromatic carbocycles. The molecule has 0 bridgehead atoms. The van der Waals surface area contributed by atoms with Crippen LogP contribution in [0.1, 0.15) is 23.2 Å². The number of phenolic OH excluding ortho intramolecular Hbond substituents is 1. The molecule has 1 atom stereocenters. The number of hydrogen-bond acceptors (Lipinski definition) is 4. The number of likely N-dealkylation sites (tertiary alicyclic amines) is 1. The van der Waals surface area contributed by atoms with Gasteiger partial charge in [0, 0.05) is 12.1 Å². The number of phenols is 1. The Labute approximate surface area is 116 Å². The Kier molecular flexibility index (Phi) is 3.99. The number of aliphatic hydroxyl groups excluding tert-OH is 1. The van der Waals surface area contributed by atoms with E-state index in [0.717, 1.165) is 0 Å². The first-order valence-electron chi connectivity index (χ1n) is 6.06. The lowest BCUT2D eigenvalue weighted by molar-refractivity contribution is -0.0598. The highest BCUT2D eigenvalue weighted by molar-refractivity contribution is 6.32. The highest BCUT2D eigenvalue weighted by atomic mass is 35.5. The molecule has 1 amide bonds. The van der Waals surface area contributed by atoms with Crippen LogP contribution in [0.15, 0.2) is 18.2 Å². The summed E-state index contributed by atoms with van der Waals surface area (Å²) >= 11 is 5.77. The SMILES string of the molecule is O=C(c1ccc(O)c(Cl)c1)N1CCC[C@@](O)(CO)C1. The number of piperidine rings is 1. The lowest BCUT2D eigenvalue weighted by Crippen LogP contribution is -2.52. The Morgan fingerprint density at radius 1 is 1.47 bits per heavy atom. The number of aromatic hydroxyl groups is 1. The smallest absolute Gasteiger partial charge is 0.254 e. The molecule has 0 saturated carbocycles. The molecule has 6 heteroatoms. The van der Waals surface area contributed by atoms with Crippen LogP contribution in [0.2, 0.25) is 5.02 Å². The summed E-state index contributed by atoms with van der Waals surface area (Å²) in [6, 6.07) is 4.24. The molecule has 1 aliphatic rings. The molecule has 2 rings (SSSR count). The average Bonchev–Trinajstić information content (AvgIpc) is 2.41. The molecule has 0 aromatic heterocycles. The van der Waals surface area contributed by atoms with Crippen molar-refractivity contribution in [3.8, 4) is 5.75 Å². The van der Waals surface area contributed by atoms with Gasteiger partial charge in [0.25, 0.3) is 5.91 Å². The molecule has 1 aliphatic heterocycles. The van der Waals surface area contributed by atoms with Crippen LogP contribution in [0.25, 0.3) is 0 Å². The minimum Gasteiger partial charge on any atom is -0.506 e. The van der Waals surface area contributed by atoms with Crippen molar-refractivity contribution in [2.75, 3.05) is 19.7 Å². The van der Waals surface area contributed by atoms with E-state index in [9.17, 15) is 15.0 Å². The van der Waals surface area contributed by atoms with Crippen molar-refractivity contribution in [1.29, 1.82) is 0 Å². The van der Waals surface area contributed by atoms with Crippen LogP contribution in [0.3, 0.4) is 0 Å². The molecule has 0 spiro atoms. The topological polar surface area (TPSA) is 81.0 Å². The van der Waals surface area contributed by atoms with Crippen LogP contribution < -0.4 is 0 Å². The van der Waals surface area contributed by atoms with Crippen molar-refractivity contribution in [3.05, 3.63) is 28.8 Å². The van der Waals surface area contributed by atoms with Gasteiger partial charge in [-0.1, -0.05) is 11.6 Å². The fourth-order valence-corrected chi connectivity index (χ4v) is 2.42. The Morgan fingerprint density at radius 3 is 2.84 bits per heavy atom. The first-order valence-corrected chi connectivity index (χ1v) is 6.44. The molecule has 19 heavy (non-hydrogen) atoms. The lowest BCUT2D eigenvalue weighted by Gasteiger charge is -2.38. The Balaban J connectivity index is 2.17. The van der Waals surface area contributed by atoms with Gasteiger partial charge in [0.15, 0.2) is 0 Å². The van der Waals surface area contributed by atoms with Gasteiger partial charge in [-0.15, -0.1) is 0 Å². The summed E-state index contributed by atoms with van der Waals surface area (Å²) < 4.78 is 0. The highest BCUT2D eigenvalue weighted by Gasteiger charge is 2.34. The summed E-state index contributed by atoms with van der Waals surface area (Å²) in [5, 5.41) is 28.6. The number of carbonyl (C=O) groups excluding carboxylic acids is 1. The molecular formula is C13H16ClNO4. The molecule has 0 unspecified atom stereocenters. The van der Waals surface area contributed by atoms with E-state index in [0.29, 0.717) is 24.9 Å². The van der Waals surface area contributed by atoms with Crippen molar-refractivity contribution in [1.82, 2.24) is 4.90 Å². The van der Waals surface area contributed by atoms with Gasteiger partial charge in [0.2, 0.25) is 0 Å². The number of hydrogen-bond donors (Lipinski definition) is 3. The van der Waals surface area contributed by atoms with Crippen LogP contribution in [-0.2, 0) is 0 Å². The molecule has 1 saturated heterocycles. The van der Waals surface area contributed by atoms with E-state index in [4.69, 9.17) is 16.7 Å². The van der Waals surface area contributed by atoms with E-state index in [2.05, 4.69) is 0 Å². The molecular weight excluding hydrogens is 270 g/mol. The Morgan fingerprint density at radius 2 is 2.21 bits per heavy atom. The number of amides is 1. The largest absolute Gasteiger partial charge is 0.506 e. The Hall–Kier alpha value is -1.30. The molecule has 3 N–H and O–H groups in total. The van der Waals surface area contributed by atoms with Gasteiger partial charge in [0.1, 0.15) is 11.4 Å². The van der Waals surface area contributed by atoms with Crippen molar-refractivity contribution in [3.63, 3.8) is 0 Å². The van der Waals surface area contributed by atoms with Gasteiger partial charge >= 0.3 is 0 Å². The molecule has 1 heterocycles. The Bertz CT molecular complexity index is 494. The third-order valence-electron chi connectivity index (χ3n) is 3.33. The average molecular weight is 286 g/mol. The number of rotatable bonds is 2. The van der Waals surface area contributed by atoms with Crippen LogP contribution in [0.4, 0.5) is 0 Å². The fraction of sp³-hybridized carbons (Fsp3) is 0.462. The van der Waals surface area contributed by atoms with E-state index >= 15 is 0 Å². The van der Waals surface area contributed by atoms with E-state index in [1.165, 1.54) is 23.1 Å². The van der Waals surface area contributed by atoms with Crippen molar-refractivity contribution in [2.24, 2.45) is 0 Å². The summed E-state index contributed by atoms with van der Waals surface area (Å²) in [6.45, 7) is 0.258. The number of nitrogens with zero attached hydrogens (tertiary/aromatic N) is 1.